The van der Waals surface area contributed by atoms with E-state index in [9.17, 15) is 5.11 Å². The Labute approximate surface area is 64.7 Å². The Bertz CT molecular complexity index is 145. The van der Waals surface area contributed by atoms with Crippen molar-refractivity contribution in [3.05, 3.63) is 0 Å². The summed E-state index contributed by atoms with van der Waals surface area (Å²) in [5.74, 6) is 0. The van der Waals surface area contributed by atoms with E-state index in [4.69, 9.17) is 14.6 Å². The number of rotatable bonds is 4. The van der Waals surface area contributed by atoms with Gasteiger partial charge in [-0.2, -0.15) is 0 Å². The Kier molecular flexibility index (Phi) is 1.85. The van der Waals surface area contributed by atoms with Gasteiger partial charge in [0.15, 0.2) is 0 Å². The van der Waals surface area contributed by atoms with Crippen LogP contribution >= 0.6 is 0 Å². The van der Waals surface area contributed by atoms with Gasteiger partial charge in [-0.15, -0.1) is 0 Å². The first-order valence-electron chi connectivity index (χ1n) is 3.87. The second kappa shape index (κ2) is 2.71. The van der Waals surface area contributed by atoms with Crippen LogP contribution in [0.3, 0.4) is 0 Å². The molecule has 4 atom stereocenters. The predicted octanol–water partition coefficient (Wildman–Crippen LogP) is -1.10. The molecule has 0 spiro atoms. The highest BCUT2D eigenvalue weighted by atomic mass is 16.6. The van der Waals surface area contributed by atoms with Crippen molar-refractivity contribution >= 4 is 0 Å². The number of epoxide rings is 2. The average Bonchev–Trinajstić information content (AvgIpc) is 2.82. The van der Waals surface area contributed by atoms with Gasteiger partial charge in [0.05, 0.1) is 25.4 Å². The molecule has 0 radical (unpaired) electrons. The molecule has 2 rings (SSSR count). The second-order valence-corrected chi connectivity index (χ2v) is 3.08. The SMILES string of the molecule is OCC1OC1C(O)CC1CO1. The first-order valence-corrected chi connectivity index (χ1v) is 3.87. The molecular formula is C7H12O4. The van der Waals surface area contributed by atoms with E-state index in [1.54, 1.807) is 0 Å². The van der Waals surface area contributed by atoms with E-state index in [1.165, 1.54) is 0 Å². The summed E-state index contributed by atoms with van der Waals surface area (Å²) in [6.07, 6.45) is 0.127. The van der Waals surface area contributed by atoms with Crippen molar-refractivity contribution in [1.82, 2.24) is 0 Å². The highest BCUT2D eigenvalue weighted by Gasteiger charge is 2.45. The van der Waals surface area contributed by atoms with Gasteiger partial charge in [-0.1, -0.05) is 0 Å². The molecule has 0 aromatic carbocycles. The van der Waals surface area contributed by atoms with Crippen LogP contribution in [0, 0.1) is 0 Å². The molecule has 2 fully saturated rings. The van der Waals surface area contributed by atoms with Gasteiger partial charge < -0.3 is 19.7 Å². The van der Waals surface area contributed by atoms with Gasteiger partial charge >= 0.3 is 0 Å². The zero-order valence-electron chi connectivity index (χ0n) is 6.14. The molecule has 2 aliphatic heterocycles. The normalized spacial score (nSPS) is 43.6. The Morgan fingerprint density at radius 1 is 1.55 bits per heavy atom. The summed E-state index contributed by atoms with van der Waals surface area (Å²) in [5.41, 5.74) is 0. The first kappa shape index (κ1) is 7.49. The average molecular weight is 160 g/mol. The third-order valence-corrected chi connectivity index (χ3v) is 2.09. The molecule has 11 heavy (non-hydrogen) atoms. The van der Waals surface area contributed by atoms with Crippen molar-refractivity contribution in [2.45, 2.75) is 30.8 Å². The minimum Gasteiger partial charge on any atom is -0.394 e. The van der Waals surface area contributed by atoms with E-state index in [2.05, 4.69) is 0 Å². The maximum absolute atomic E-state index is 9.38. The fraction of sp³-hybridized carbons (Fsp3) is 1.00. The van der Waals surface area contributed by atoms with Crippen molar-refractivity contribution in [2.24, 2.45) is 0 Å². The molecule has 2 saturated heterocycles. The number of aliphatic hydroxyl groups is 2. The fourth-order valence-electron chi connectivity index (χ4n) is 1.25. The van der Waals surface area contributed by atoms with Crippen LogP contribution in [0.15, 0.2) is 0 Å². The molecule has 0 amide bonds. The molecule has 2 heterocycles. The van der Waals surface area contributed by atoms with Crippen LogP contribution < -0.4 is 0 Å². The summed E-state index contributed by atoms with van der Waals surface area (Å²) in [6.45, 7) is 0.765. The van der Waals surface area contributed by atoms with E-state index >= 15 is 0 Å². The lowest BCUT2D eigenvalue weighted by atomic mass is 10.1. The summed E-state index contributed by atoms with van der Waals surface area (Å²) in [4.78, 5) is 0. The number of ether oxygens (including phenoxy) is 2. The van der Waals surface area contributed by atoms with Crippen LogP contribution in [0.2, 0.25) is 0 Å². The van der Waals surface area contributed by atoms with Gasteiger partial charge in [0.2, 0.25) is 0 Å². The minimum absolute atomic E-state index is 0.00719. The Morgan fingerprint density at radius 2 is 2.27 bits per heavy atom. The van der Waals surface area contributed by atoms with Crippen molar-refractivity contribution < 1.29 is 19.7 Å². The minimum atomic E-state index is -0.459. The van der Waals surface area contributed by atoms with Gasteiger partial charge in [0.25, 0.3) is 0 Å². The monoisotopic (exact) mass is 160 g/mol. The summed E-state index contributed by atoms with van der Waals surface area (Å²) in [7, 11) is 0. The van der Waals surface area contributed by atoms with Gasteiger partial charge in [0.1, 0.15) is 12.2 Å². The largest absolute Gasteiger partial charge is 0.394 e. The van der Waals surface area contributed by atoms with Crippen molar-refractivity contribution in [2.75, 3.05) is 13.2 Å². The molecular weight excluding hydrogens is 148 g/mol. The lowest BCUT2D eigenvalue weighted by Crippen LogP contribution is -2.20. The van der Waals surface area contributed by atoms with Crippen LogP contribution in [0.4, 0.5) is 0 Å². The van der Waals surface area contributed by atoms with E-state index in [0.717, 1.165) is 6.61 Å². The highest BCUT2D eigenvalue weighted by Crippen LogP contribution is 2.29. The van der Waals surface area contributed by atoms with Crippen molar-refractivity contribution in [3.63, 3.8) is 0 Å². The molecule has 4 heteroatoms. The van der Waals surface area contributed by atoms with Crippen molar-refractivity contribution in [1.29, 1.82) is 0 Å². The fourth-order valence-corrected chi connectivity index (χ4v) is 1.25. The summed E-state index contributed by atoms with van der Waals surface area (Å²) in [6, 6.07) is 0. The van der Waals surface area contributed by atoms with Crippen LogP contribution in [0.5, 0.6) is 0 Å². The molecule has 0 bridgehead atoms. The van der Waals surface area contributed by atoms with Crippen LogP contribution in [-0.4, -0.2) is 47.8 Å². The predicted molar refractivity (Wildman–Crippen MR) is 36.1 cm³/mol. The molecule has 0 saturated carbocycles. The van der Waals surface area contributed by atoms with Crippen LogP contribution in [0.1, 0.15) is 6.42 Å². The zero-order chi connectivity index (χ0) is 7.84. The molecule has 0 aromatic heterocycles. The quantitative estimate of drug-likeness (QED) is 0.512. The third kappa shape index (κ3) is 1.70. The third-order valence-electron chi connectivity index (χ3n) is 2.09. The number of hydrogen-bond donors (Lipinski definition) is 2. The molecule has 2 aliphatic rings. The van der Waals surface area contributed by atoms with Gasteiger partial charge in [-0.3, -0.25) is 0 Å². The molecule has 0 aromatic rings. The second-order valence-electron chi connectivity index (χ2n) is 3.08. The van der Waals surface area contributed by atoms with E-state index in [-0.39, 0.29) is 24.9 Å². The Balaban J connectivity index is 1.68. The molecule has 0 aliphatic carbocycles. The van der Waals surface area contributed by atoms with Gasteiger partial charge in [0, 0.05) is 6.42 Å². The van der Waals surface area contributed by atoms with E-state index < -0.39 is 6.10 Å². The maximum Gasteiger partial charge on any atom is 0.112 e. The smallest absolute Gasteiger partial charge is 0.112 e. The molecule has 64 valence electrons. The number of hydrogen-bond acceptors (Lipinski definition) is 4. The molecule has 4 unspecified atom stereocenters. The number of aliphatic hydroxyl groups excluding tert-OH is 2. The van der Waals surface area contributed by atoms with Crippen molar-refractivity contribution in [3.8, 4) is 0 Å². The summed E-state index contributed by atoms with van der Waals surface area (Å²) < 4.78 is 9.95. The summed E-state index contributed by atoms with van der Waals surface area (Å²) in [5, 5.41) is 18.0. The van der Waals surface area contributed by atoms with Crippen LogP contribution in [0.25, 0.3) is 0 Å². The van der Waals surface area contributed by atoms with E-state index in [1.807, 2.05) is 0 Å². The molecule has 4 nitrogen and oxygen atoms in total. The Morgan fingerprint density at radius 3 is 2.73 bits per heavy atom. The highest BCUT2D eigenvalue weighted by molar-refractivity contribution is 4.92. The van der Waals surface area contributed by atoms with Gasteiger partial charge in [-0.05, 0) is 0 Å². The summed E-state index contributed by atoms with van der Waals surface area (Å²) >= 11 is 0. The Hall–Kier alpha value is -0.160. The lowest BCUT2D eigenvalue weighted by Gasteiger charge is -2.02. The lowest BCUT2D eigenvalue weighted by molar-refractivity contribution is 0.117. The first-order chi connectivity index (χ1) is 5.31. The van der Waals surface area contributed by atoms with Crippen LogP contribution in [-0.2, 0) is 9.47 Å². The topological polar surface area (TPSA) is 65.5 Å². The standard InChI is InChI=1S/C7H12O4/c8-2-6-7(11-6)5(9)1-4-3-10-4/h4-9H,1-3H2. The maximum atomic E-state index is 9.38. The van der Waals surface area contributed by atoms with E-state index in [0.29, 0.717) is 6.42 Å². The van der Waals surface area contributed by atoms with Gasteiger partial charge in [-0.25, -0.2) is 0 Å². The molecule has 2 N–H and O–H groups in total. The zero-order valence-corrected chi connectivity index (χ0v) is 6.14.